The molecule has 0 bridgehead atoms. The molecule has 9 nitrogen and oxygen atoms in total. The van der Waals surface area contributed by atoms with Gasteiger partial charge in [-0.3, -0.25) is 0 Å². The molecule has 1 aliphatic heterocycles. The lowest BCUT2D eigenvalue weighted by Gasteiger charge is -2.37. The lowest BCUT2D eigenvalue weighted by molar-refractivity contribution is -0.183. The number of hydrogen-bond acceptors (Lipinski definition) is 9. The Morgan fingerprint density at radius 1 is 1.05 bits per heavy atom. The zero-order chi connectivity index (χ0) is 29.3. The third-order valence-electron chi connectivity index (χ3n) is 6.88. The molecule has 0 aliphatic carbocycles. The molecule has 39 heavy (non-hydrogen) atoms. The molecule has 0 amide bonds. The molecule has 0 radical (unpaired) electrons. The topological polar surface area (TPSA) is 98.8 Å². The standard InChI is InChI=1S/C29H52O9Si/c1-23(38-28-14-9-10-17-34-28)12-11-13-27(31)37-24(2)20-25(21-36-39(7,8)29(3,4)5)15-16-26(30)35-22-33-19-18-32-6/h11,13,15-16,23-25,28H,9-10,12,14,17-22H2,1-8H3/b13-11+,16-15+/t23-,24-,25+,28?/m1/s1. The van der Waals surface area contributed by atoms with Crippen LogP contribution in [0.5, 0.6) is 0 Å². The van der Waals surface area contributed by atoms with Crippen LogP contribution >= 0.6 is 0 Å². The highest BCUT2D eigenvalue weighted by Gasteiger charge is 2.37. The predicted octanol–water partition coefficient (Wildman–Crippen LogP) is 5.54. The minimum atomic E-state index is -2.01. The summed E-state index contributed by atoms with van der Waals surface area (Å²) in [6.45, 7) is 16.5. The summed E-state index contributed by atoms with van der Waals surface area (Å²) in [5.74, 6) is -1.06. The molecular formula is C29H52O9Si. The minimum absolute atomic E-state index is 0.0482. The van der Waals surface area contributed by atoms with Crippen LogP contribution in [0.15, 0.2) is 24.3 Å². The maximum atomic E-state index is 12.4. The van der Waals surface area contributed by atoms with Gasteiger partial charge in [-0.25, -0.2) is 9.59 Å². The number of ether oxygens (including phenoxy) is 6. The van der Waals surface area contributed by atoms with Crippen LogP contribution in [-0.2, 0) is 42.4 Å². The van der Waals surface area contributed by atoms with Crippen LogP contribution in [0.1, 0.15) is 66.7 Å². The van der Waals surface area contributed by atoms with E-state index in [4.69, 9.17) is 32.8 Å². The van der Waals surface area contributed by atoms with E-state index in [0.29, 0.717) is 32.7 Å². The van der Waals surface area contributed by atoms with Crippen molar-refractivity contribution in [3.63, 3.8) is 0 Å². The molecule has 10 heteroatoms. The van der Waals surface area contributed by atoms with E-state index in [9.17, 15) is 9.59 Å². The summed E-state index contributed by atoms with van der Waals surface area (Å²) in [6.07, 6.45) is 9.94. The van der Waals surface area contributed by atoms with Gasteiger partial charge in [-0.1, -0.05) is 32.9 Å². The maximum Gasteiger partial charge on any atom is 0.332 e. The van der Waals surface area contributed by atoms with E-state index in [1.54, 1.807) is 19.3 Å². The summed E-state index contributed by atoms with van der Waals surface area (Å²) in [5.41, 5.74) is 0. The van der Waals surface area contributed by atoms with Crippen LogP contribution in [0.3, 0.4) is 0 Å². The summed E-state index contributed by atoms with van der Waals surface area (Å²) < 4.78 is 38.6. The first-order chi connectivity index (χ1) is 18.3. The van der Waals surface area contributed by atoms with E-state index < -0.39 is 20.3 Å². The van der Waals surface area contributed by atoms with E-state index in [-0.39, 0.29) is 36.2 Å². The molecule has 226 valence electrons. The second kappa shape index (κ2) is 18.7. The van der Waals surface area contributed by atoms with Gasteiger partial charge < -0.3 is 32.8 Å². The molecule has 1 unspecified atom stereocenters. The zero-order valence-corrected chi connectivity index (χ0v) is 26.4. The summed E-state index contributed by atoms with van der Waals surface area (Å²) in [6, 6.07) is 0. The third kappa shape index (κ3) is 16.3. The molecule has 4 atom stereocenters. The average molecular weight is 573 g/mol. The van der Waals surface area contributed by atoms with Crippen molar-refractivity contribution in [2.75, 3.05) is 40.3 Å². The van der Waals surface area contributed by atoms with Crippen LogP contribution in [0.2, 0.25) is 18.1 Å². The summed E-state index contributed by atoms with van der Waals surface area (Å²) in [5, 5.41) is 0.0482. The molecule has 0 N–H and O–H groups in total. The van der Waals surface area contributed by atoms with Gasteiger partial charge in [0.1, 0.15) is 0 Å². The molecule has 0 saturated carbocycles. The van der Waals surface area contributed by atoms with E-state index in [2.05, 4.69) is 33.9 Å². The second-order valence-electron chi connectivity index (χ2n) is 11.5. The molecule has 1 saturated heterocycles. The fourth-order valence-corrected chi connectivity index (χ4v) is 4.56. The molecule has 0 aromatic heterocycles. The van der Waals surface area contributed by atoms with Crippen LogP contribution in [-0.4, -0.2) is 79.1 Å². The van der Waals surface area contributed by atoms with Gasteiger partial charge in [-0.15, -0.1) is 0 Å². The highest BCUT2D eigenvalue weighted by atomic mass is 28.4. The fourth-order valence-electron chi connectivity index (χ4n) is 3.50. The SMILES string of the molecule is COCCOCOC(=O)/C=C/[C@H](CO[Si](C)(C)C(C)(C)C)C[C@@H](C)OC(=O)/C=C/C[C@@H](C)OC1CCCCO1. The van der Waals surface area contributed by atoms with Gasteiger partial charge in [0.05, 0.1) is 25.4 Å². The molecule has 1 heterocycles. The van der Waals surface area contributed by atoms with E-state index >= 15 is 0 Å². The Balaban J connectivity index is 2.61. The first-order valence-electron chi connectivity index (χ1n) is 14.0. The van der Waals surface area contributed by atoms with E-state index in [1.165, 1.54) is 12.2 Å². The Morgan fingerprint density at radius 2 is 1.79 bits per heavy atom. The monoisotopic (exact) mass is 572 g/mol. The van der Waals surface area contributed by atoms with E-state index in [1.807, 2.05) is 13.8 Å². The van der Waals surface area contributed by atoms with Crippen LogP contribution in [0, 0.1) is 5.92 Å². The number of carbonyl (C=O) groups is 2. The van der Waals surface area contributed by atoms with Crippen molar-refractivity contribution in [1.29, 1.82) is 0 Å². The van der Waals surface area contributed by atoms with Crippen molar-refractivity contribution in [1.82, 2.24) is 0 Å². The van der Waals surface area contributed by atoms with Crippen molar-refractivity contribution in [2.24, 2.45) is 5.92 Å². The quantitative estimate of drug-likeness (QED) is 0.0689. The number of carbonyl (C=O) groups excluding carboxylic acids is 2. The van der Waals surface area contributed by atoms with Gasteiger partial charge in [0.15, 0.2) is 21.4 Å². The lowest BCUT2D eigenvalue weighted by atomic mass is 10.0. The van der Waals surface area contributed by atoms with Crippen molar-refractivity contribution >= 4 is 20.3 Å². The molecule has 1 fully saturated rings. The maximum absolute atomic E-state index is 12.4. The van der Waals surface area contributed by atoms with Gasteiger partial charge in [0.25, 0.3) is 0 Å². The van der Waals surface area contributed by atoms with Crippen LogP contribution in [0.4, 0.5) is 0 Å². The Labute approximate surface area is 236 Å². The van der Waals surface area contributed by atoms with Crippen molar-refractivity contribution in [3.05, 3.63) is 24.3 Å². The van der Waals surface area contributed by atoms with Gasteiger partial charge in [0, 0.05) is 38.4 Å². The Hall–Kier alpha value is -1.56. The molecule has 0 aromatic rings. The van der Waals surface area contributed by atoms with Gasteiger partial charge in [-0.2, -0.15) is 0 Å². The summed E-state index contributed by atoms with van der Waals surface area (Å²) >= 11 is 0. The first-order valence-corrected chi connectivity index (χ1v) is 16.9. The van der Waals surface area contributed by atoms with Crippen LogP contribution < -0.4 is 0 Å². The molecule has 0 aromatic carbocycles. The lowest BCUT2D eigenvalue weighted by Crippen LogP contribution is -2.42. The number of methoxy groups -OCH3 is 1. The highest BCUT2D eigenvalue weighted by molar-refractivity contribution is 6.74. The van der Waals surface area contributed by atoms with Crippen molar-refractivity contribution in [2.45, 2.75) is 103 Å². The van der Waals surface area contributed by atoms with Crippen molar-refractivity contribution < 1.29 is 42.4 Å². The van der Waals surface area contributed by atoms with Gasteiger partial charge in [-0.05, 0) is 64.1 Å². The Bertz CT molecular complexity index is 754. The molecule has 1 aliphatic rings. The summed E-state index contributed by atoms with van der Waals surface area (Å²) in [4.78, 5) is 24.5. The second-order valence-corrected chi connectivity index (χ2v) is 16.3. The Morgan fingerprint density at radius 3 is 2.44 bits per heavy atom. The van der Waals surface area contributed by atoms with Crippen molar-refractivity contribution in [3.8, 4) is 0 Å². The normalized spacial score (nSPS) is 19.2. The zero-order valence-electron chi connectivity index (χ0n) is 25.4. The predicted molar refractivity (Wildman–Crippen MR) is 153 cm³/mol. The number of rotatable bonds is 18. The Kier molecular flexibility index (Phi) is 17.0. The van der Waals surface area contributed by atoms with E-state index in [0.717, 1.165) is 25.9 Å². The molecular weight excluding hydrogens is 520 g/mol. The average Bonchev–Trinajstić information content (AvgIpc) is 2.85. The minimum Gasteiger partial charge on any atom is -0.459 e. The largest absolute Gasteiger partial charge is 0.459 e. The molecule has 1 rings (SSSR count). The third-order valence-corrected chi connectivity index (χ3v) is 11.4. The smallest absolute Gasteiger partial charge is 0.332 e. The summed E-state index contributed by atoms with van der Waals surface area (Å²) in [7, 11) is -0.435. The molecule has 0 spiro atoms. The number of hydrogen-bond donors (Lipinski definition) is 0. The fraction of sp³-hybridized carbons (Fsp3) is 0.793. The van der Waals surface area contributed by atoms with Crippen LogP contribution in [0.25, 0.3) is 0 Å². The first kappa shape index (κ1) is 35.5. The van der Waals surface area contributed by atoms with Gasteiger partial charge >= 0.3 is 11.9 Å². The van der Waals surface area contributed by atoms with Gasteiger partial charge in [0.2, 0.25) is 0 Å². The highest BCUT2D eigenvalue weighted by Crippen LogP contribution is 2.37. The number of esters is 2.